The Hall–Kier alpha value is -1.65. The van der Waals surface area contributed by atoms with Gasteiger partial charge in [-0.1, -0.05) is 12.1 Å². The molecule has 1 atom stereocenters. The molecule has 1 aromatic carbocycles. The highest BCUT2D eigenvalue weighted by molar-refractivity contribution is 5.35. The molecule has 0 amide bonds. The monoisotopic (exact) mass is 217 g/mol. The summed E-state index contributed by atoms with van der Waals surface area (Å²) in [6.45, 7) is 1.97. The van der Waals surface area contributed by atoms with Gasteiger partial charge in [-0.3, -0.25) is 0 Å². The second-order valence-electron chi connectivity index (χ2n) is 3.85. The zero-order valence-corrected chi connectivity index (χ0v) is 9.17. The molecule has 2 rings (SSSR count). The molecule has 0 fully saturated rings. The van der Waals surface area contributed by atoms with Crippen LogP contribution in [-0.2, 0) is 0 Å². The molecule has 0 saturated heterocycles. The van der Waals surface area contributed by atoms with Gasteiger partial charge in [-0.2, -0.15) is 5.10 Å². The van der Waals surface area contributed by atoms with Crippen molar-refractivity contribution in [3.63, 3.8) is 0 Å². The van der Waals surface area contributed by atoms with Gasteiger partial charge in [0.05, 0.1) is 24.5 Å². The molecule has 0 aliphatic carbocycles. The van der Waals surface area contributed by atoms with Crippen LogP contribution in [-0.4, -0.2) is 21.5 Å². The Bertz CT molecular complexity index is 479. The molecule has 0 saturated carbocycles. The third kappa shape index (κ3) is 2.13. The van der Waals surface area contributed by atoms with E-state index in [4.69, 9.17) is 10.8 Å². The van der Waals surface area contributed by atoms with Crippen molar-refractivity contribution >= 4 is 0 Å². The van der Waals surface area contributed by atoms with Crippen LogP contribution in [0.15, 0.2) is 36.7 Å². The molecule has 1 aromatic heterocycles. The van der Waals surface area contributed by atoms with Crippen LogP contribution in [0.2, 0.25) is 0 Å². The topological polar surface area (TPSA) is 64.1 Å². The number of aromatic nitrogens is 2. The first-order valence-electron chi connectivity index (χ1n) is 5.19. The van der Waals surface area contributed by atoms with E-state index in [1.165, 1.54) is 5.56 Å². The maximum Gasteiger partial charge on any atom is 0.0648 e. The van der Waals surface area contributed by atoms with E-state index in [1.54, 1.807) is 10.9 Å². The summed E-state index contributed by atoms with van der Waals surface area (Å²) in [5, 5.41) is 13.2. The normalized spacial score (nSPS) is 12.7. The zero-order valence-electron chi connectivity index (χ0n) is 9.17. The number of benzene rings is 1. The molecule has 0 aliphatic rings. The average Bonchev–Trinajstić information content (AvgIpc) is 2.77. The summed E-state index contributed by atoms with van der Waals surface area (Å²) in [7, 11) is 0. The molecule has 0 aliphatic heterocycles. The van der Waals surface area contributed by atoms with Gasteiger partial charge in [-0.05, 0) is 24.6 Å². The molecule has 1 unspecified atom stereocenters. The van der Waals surface area contributed by atoms with Gasteiger partial charge in [0.15, 0.2) is 0 Å². The van der Waals surface area contributed by atoms with Gasteiger partial charge in [-0.15, -0.1) is 0 Å². The van der Waals surface area contributed by atoms with Gasteiger partial charge in [0.25, 0.3) is 0 Å². The van der Waals surface area contributed by atoms with Crippen LogP contribution >= 0.6 is 0 Å². The quantitative estimate of drug-likeness (QED) is 0.811. The highest BCUT2D eigenvalue weighted by Crippen LogP contribution is 2.13. The number of aliphatic hydroxyl groups is 1. The number of aryl methyl sites for hydroxylation is 1. The van der Waals surface area contributed by atoms with Crippen LogP contribution in [0, 0.1) is 6.92 Å². The molecule has 0 radical (unpaired) electrons. The van der Waals surface area contributed by atoms with Crippen molar-refractivity contribution in [2.24, 2.45) is 5.73 Å². The van der Waals surface area contributed by atoms with E-state index in [1.807, 2.05) is 37.4 Å². The van der Waals surface area contributed by atoms with Crippen molar-refractivity contribution in [3.8, 4) is 5.69 Å². The second-order valence-corrected chi connectivity index (χ2v) is 3.85. The molecular weight excluding hydrogens is 202 g/mol. The number of aliphatic hydroxyl groups excluding tert-OH is 1. The first-order valence-corrected chi connectivity index (χ1v) is 5.19. The second kappa shape index (κ2) is 4.47. The lowest BCUT2D eigenvalue weighted by Gasteiger charge is -2.04. The predicted octanol–water partition coefficient (Wildman–Crippen LogP) is 1.17. The maximum absolute atomic E-state index is 8.95. The SMILES string of the molecule is Cc1cccc(-n2cc(C(N)CO)cn2)c1. The largest absolute Gasteiger partial charge is 0.394 e. The van der Waals surface area contributed by atoms with E-state index in [0.717, 1.165) is 11.3 Å². The van der Waals surface area contributed by atoms with Crippen molar-refractivity contribution < 1.29 is 5.11 Å². The molecule has 0 spiro atoms. The Morgan fingerprint density at radius 3 is 3.00 bits per heavy atom. The molecule has 0 bridgehead atoms. The van der Waals surface area contributed by atoms with Crippen LogP contribution < -0.4 is 5.73 Å². The highest BCUT2D eigenvalue weighted by atomic mass is 16.3. The van der Waals surface area contributed by atoms with Crippen LogP contribution in [0.1, 0.15) is 17.2 Å². The number of nitrogens with two attached hydrogens (primary N) is 1. The standard InChI is InChI=1S/C12H15N3O/c1-9-3-2-4-11(5-9)15-7-10(6-14-15)12(13)8-16/h2-7,12,16H,8,13H2,1H3. The highest BCUT2D eigenvalue weighted by Gasteiger charge is 2.07. The molecule has 4 heteroatoms. The van der Waals surface area contributed by atoms with Crippen molar-refractivity contribution in [3.05, 3.63) is 47.8 Å². The number of nitrogens with zero attached hydrogens (tertiary/aromatic N) is 2. The van der Waals surface area contributed by atoms with E-state index >= 15 is 0 Å². The van der Waals surface area contributed by atoms with E-state index < -0.39 is 0 Å². The number of hydrogen-bond acceptors (Lipinski definition) is 3. The van der Waals surface area contributed by atoms with Crippen LogP contribution in [0.4, 0.5) is 0 Å². The van der Waals surface area contributed by atoms with E-state index in [-0.39, 0.29) is 12.6 Å². The minimum absolute atomic E-state index is 0.0699. The zero-order chi connectivity index (χ0) is 11.5. The molecule has 4 nitrogen and oxygen atoms in total. The molecule has 1 heterocycles. The summed E-state index contributed by atoms with van der Waals surface area (Å²) in [5.41, 5.74) is 8.73. The molecule has 3 N–H and O–H groups in total. The smallest absolute Gasteiger partial charge is 0.0648 e. The fraction of sp³-hybridized carbons (Fsp3) is 0.250. The fourth-order valence-electron chi connectivity index (χ4n) is 1.55. The summed E-state index contributed by atoms with van der Waals surface area (Å²) >= 11 is 0. The summed E-state index contributed by atoms with van der Waals surface area (Å²) in [4.78, 5) is 0. The average molecular weight is 217 g/mol. The Balaban J connectivity index is 2.31. The van der Waals surface area contributed by atoms with Crippen molar-refractivity contribution in [2.75, 3.05) is 6.61 Å². The van der Waals surface area contributed by atoms with Gasteiger partial charge in [0.2, 0.25) is 0 Å². The van der Waals surface area contributed by atoms with Crippen LogP contribution in [0.25, 0.3) is 5.69 Å². The maximum atomic E-state index is 8.95. The van der Waals surface area contributed by atoms with E-state index in [9.17, 15) is 0 Å². The Labute approximate surface area is 94.3 Å². The minimum Gasteiger partial charge on any atom is -0.394 e. The third-order valence-electron chi connectivity index (χ3n) is 2.49. The number of hydrogen-bond donors (Lipinski definition) is 2. The van der Waals surface area contributed by atoms with Gasteiger partial charge in [-0.25, -0.2) is 4.68 Å². The summed E-state index contributed by atoms with van der Waals surface area (Å²) < 4.78 is 1.76. The third-order valence-corrected chi connectivity index (χ3v) is 2.49. The lowest BCUT2D eigenvalue weighted by molar-refractivity contribution is 0.268. The number of rotatable bonds is 3. The summed E-state index contributed by atoms with van der Waals surface area (Å²) in [6, 6.07) is 7.68. The Morgan fingerprint density at radius 1 is 1.50 bits per heavy atom. The van der Waals surface area contributed by atoms with Gasteiger partial charge in [0, 0.05) is 11.8 Å². The first-order chi connectivity index (χ1) is 7.70. The van der Waals surface area contributed by atoms with Gasteiger partial charge >= 0.3 is 0 Å². The molecule has 2 aromatic rings. The molecule has 84 valence electrons. The summed E-state index contributed by atoms with van der Waals surface area (Å²) in [5.74, 6) is 0. The van der Waals surface area contributed by atoms with Crippen LogP contribution in [0.3, 0.4) is 0 Å². The molecule has 16 heavy (non-hydrogen) atoms. The van der Waals surface area contributed by atoms with Gasteiger partial charge in [0.1, 0.15) is 0 Å². The van der Waals surface area contributed by atoms with Crippen LogP contribution in [0.5, 0.6) is 0 Å². The first kappa shape index (κ1) is 10.9. The molecular formula is C12H15N3O. The van der Waals surface area contributed by atoms with Gasteiger partial charge < -0.3 is 10.8 Å². The van der Waals surface area contributed by atoms with Crippen molar-refractivity contribution in [1.29, 1.82) is 0 Å². The van der Waals surface area contributed by atoms with Crippen molar-refractivity contribution in [2.45, 2.75) is 13.0 Å². The van der Waals surface area contributed by atoms with E-state index in [2.05, 4.69) is 5.10 Å². The predicted molar refractivity (Wildman–Crippen MR) is 62.3 cm³/mol. The lowest BCUT2D eigenvalue weighted by atomic mass is 10.2. The van der Waals surface area contributed by atoms with Crippen molar-refractivity contribution in [1.82, 2.24) is 9.78 Å². The minimum atomic E-state index is -0.362. The fourth-order valence-corrected chi connectivity index (χ4v) is 1.55. The summed E-state index contributed by atoms with van der Waals surface area (Å²) in [6.07, 6.45) is 3.53. The van der Waals surface area contributed by atoms with E-state index in [0.29, 0.717) is 0 Å². The Kier molecular flexibility index (Phi) is 3.03. The Morgan fingerprint density at radius 2 is 2.31 bits per heavy atom. The lowest BCUT2D eigenvalue weighted by Crippen LogP contribution is -2.13.